The van der Waals surface area contributed by atoms with E-state index in [1.54, 1.807) is 0 Å². The second-order valence-electron chi connectivity index (χ2n) is 4.25. The van der Waals surface area contributed by atoms with Gasteiger partial charge in [-0.25, -0.2) is 0 Å². The first kappa shape index (κ1) is 12.4. The van der Waals surface area contributed by atoms with E-state index in [-0.39, 0.29) is 17.2 Å². The highest BCUT2D eigenvalue weighted by Crippen LogP contribution is 2.49. The first-order chi connectivity index (χ1) is 7.08. The van der Waals surface area contributed by atoms with Gasteiger partial charge in [-0.15, -0.1) is 0 Å². The second-order valence-corrected chi connectivity index (χ2v) is 4.57. The average Bonchev–Trinajstić information content (AvgIpc) is 2.93. The molecule has 86 valence electrons. The zero-order valence-electron chi connectivity index (χ0n) is 8.79. The molecule has 0 spiro atoms. The monoisotopic (exact) mass is 230 g/mol. The summed E-state index contributed by atoms with van der Waals surface area (Å²) in [6.07, 6.45) is 3.72. The molecule has 5 heteroatoms. The van der Waals surface area contributed by atoms with Gasteiger partial charge in [0.15, 0.2) is 0 Å². The Morgan fingerprint density at radius 1 is 1.40 bits per heavy atom. The Bertz CT molecular complexity index is 252. The fraction of sp³-hybridized carbons (Fsp3) is 0.800. The van der Waals surface area contributed by atoms with Gasteiger partial charge in [0.1, 0.15) is 0 Å². The zero-order chi connectivity index (χ0) is 11.3. The largest absolute Gasteiger partial charge is 0.370 e. The van der Waals surface area contributed by atoms with Gasteiger partial charge in [-0.1, -0.05) is 0 Å². The first-order valence-electron chi connectivity index (χ1n) is 5.24. The Balaban J connectivity index is 2.06. The van der Waals surface area contributed by atoms with Crippen molar-refractivity contribution in [2.75, 3.05) is 12.3 Å². The van der Waals surface area contributed by atoms with Crippen LogP contribution in [0.4, 0.5) is 0 Å². The number of hydrogen-bond acceptors (Lipinski definition) is 3. The lowest BCUT2D eigenvalue weighted by molar-refractivity contribution is -0.122. The Labute approximate surface area is 95.4 Å². The van der Waals surface area contributed by atoms with E-state index in [0.717, 1.165) is 18.6 Å². The predicted octanol–water partition coefficient (Wildman–Crippen LogP) is 0.468. The fourth-order valence-corrected chi connectivity index (χ4v) is 1.89. The molecule has 0 aliphatic heterocycles. The van der Waals surface area contributed by atoms with Gasteiger partial charge in [-0.3, -0.25) is 9.59 Å². The zero-order valence-corrected chi connectivity index (χ0v) is 9.69. The number of thiol groups is 1. The van der Waals surface area contributed by atoms with E-state index in [1.807, 2.05) is 0 Å². The Morgan fingerprint density at radius 3 is 2.53 bits per heavy atom. The molecule has 4 nitrogen and oxygen atoms in total. The molecule has 15 heavy (non-hydrogen) atoms. The Kier molecular flexibility index (Phi) is 4.45. The van der Waals surface area contributed by atoms with Crippen LogP contribution in [-0.4, -0.2) is 24.1 Å². The van der Waals surface area contributed by atoms with Crippen LogP contribution in [0.2, 0.25) is 0 Å². The normalized spacial score (nSPS) is 17.1. The molecule has 1 rings (SSSR count). The third kappa shape index (κ3) is 4.55. The Hall–Kier alpha value is -0.710. The van der Waals surface area contributed by atoms with Crippen molar-refractivity contribution in [3.63, 3.8) is 0 Å². The van der Waals surface area contributed by atoms with Gasteiger partial charge < -0.3 is 11.1 Å². The molecular weight excluding hydrogens is 212 g/mol. The summed E-state index contributed by atoms with van der Waals surface area (Å²) in [6.45, 7) is 0.532. The maximum atomic E-state index is 11.4. The number of nitrogens with one attached hydrogen (secondary N) is 1. The number of carbonyl (C=O) groups is 2. The number of carbonyl (C=O) groups excluding carboxylic acids is 2. The number of rotatable bonds is 7. The van der Waals surface area contributed by atoms with Gasteiger partial charge in [0, 0.05) is 19.4 Å². The lowest BCUT2D eigenvalue weighted by Crippen LogP contribution is -2.28. The van der Waals surface area contributed by atoms with E-state index in [9.17, 15) is 9.59 Å². The predicted molar refractivity (Wildman–Crippen MR) is 61.6 cm³/mol. The third-order valence-corrected chi connectivity index (χ3v) is 3.42. The first-order valence-corrected chi connectivity index (χ1v) is 5.87. The Morgan fingerprint density at radius 2 is 2.07 bits per heavy atom. The third-order valence-electron chi connectivity index (χ3n) is 2.75. The van der Waals surface area contributed by atoms with Crippen molar-refractivity contribution in [3.05, 3.63) is 0 Å². The van der Waals surface area contributed by atoms with Crippen LogP contribution in [0.1, 0.15) is 32.1 Å². The number of amides is 2. The van der Waals surface area contributed by atoms with Crippen molar-refractivity contribution in [1.29, 1.82) is 0 Å². The molecule has 0 bridgehead atoms. The molecule has 1 fully saturated rings. The van der Waals surface area contributed by atoms with Crippen molar-refractivity contribution in [2.24, 2.45) is 11.1 Å². The topological polar surface area (TPSA) is 72.2 Å². The SMILES string of the molecule is NC(=O)CCCNC(=O)CC1(CS)CC1. The van der Waals surface area contributed by atoms with Gasteiger partial charge in [-0.05, 0) is 30.4 Å². The molecule has 0 radical (unpaired) electrons. The molecule has 0 aromatic rings. The van der Waals surface area contributed by atoms with Gasteiger partial charge in [0.25, 0.3) is 0 Å². The highest BCUT2D eigenvalue weighted by Gasteiger charge is 2.42. The smallest absolute Gasteiger partial charge is 0.220 e. The van der Waals surface area contributed by atoms with Crippen molar-refractivity contribution < 1.29 is 9.59 Å². The molecule has 0 heterocycles. The molecule has 2 amide bonds. The van der Waals surface area contributed by atoms with Crippen LogP contribution < -0.4 is 11.1 Å². The quantitative estimate of drug-likeness (QED) is 0.439. The summed E-state index contributed by atoms with van der Waals surface area (Å²) in [5.74, 6) is 0.520. The molecule has 1 saturated carbocycles. The highest BCUT2D eigenvalue weighted by atomic mass is 32.1. The van der Waals surface area contributed by atoms with Crippen LogP contribution in [0.15, 0.2) is 0 Å². The van der Waals surface area contributed by atoms with Crippen LogP contribution >= 0.6 is 12.6 Å². The van der Waals surface area contributed by atoms with Crippen molar-refractivity contribution >= 4 is 24.4 Å². The molecule has 1 aliphatic carbocycles. The summed E-state index contributed by atoms with van der Waals surface area (Å²) in [5, 5.41) is 2.79. The summed E-state index contributed by atoms with van der Waals surface area (Å²) in [4.78, 5) is 21.9. The van der Waals surface area contributed by atoms with Crippen LogP contribution in [0.5, 0.6) is 0 Å². The van der Waals surface area contributed by atoms with E-state index >= 15 is 0 Å². The molecule has 0 aromatic carbocycles. The summed E-state index contributed by atoms with van der Waals surface area (Å²) >= 11 is 4.23. The lowest BCUT2D eigenvalue weighted by atomic mass is 10.1. The number of primary amides is 1. The number of nitrogens with two attached hydrogens (primary N) is 1. The fourth-order valence-electron chi connectivity index (χ4n) is 1.46. The van der Waals surface area contributed by atoms with E-state index in [2.05, 4.69) is 17.9 Å². The van der Waals surface area contributed by atoms with Gasteiger partial charge in [0.05, 0.1) is 0 Å². The van der Waals surface area contributed by atoms with Gasteiger partial charge in [0.2, 0.25) is 11.8 Å². The molecule has 0 unspecified atom stereocenters. The highest BCUT2D eigenvalue weighted by molar-refractivity contribution is 7.80. The standard InChI is InChI=1S/C10H18N2O2S/c11-8(13)2-1-5-12-9(14)6-10(7-15)3-4-10/h15H,1-7H2,(H2,11,13)(H,12,14). The summed E-state index contributed by atoms with van der Waals surface area (Å²) in [7, 11) is 0. The van der Waals surface area contributed by atoms with E-state index in [1.165, 1.54) is 0 Å². The molecule has 0 saturated heterocycles. The van der Waals surface area contributed by atoms with Gasteiger partial charge >= 0.3 is 0 Å². The summed E-state index contributed by atoms with van der Waals surface area (Å²) in [6, 6.07) is 0. The van der Waals surface area contributed by atoms with Crippen molar-refractivity contribution in [2.45, 2.75) is 32.1 Å². The van der Waals surface area contributed by atoms with Crippen LogP contribution in [0, 0.1) is 5.41 Å². The minimum Gasteiger partial charge on any atom is -0.370 e. The van der Waals surface area contributed by atoms with Crippen LogP contribution in [-0.2, 0) is 9.59 Å². The van der Waals surface area contributed by atoms with E-state index < -0.39 is 0 Å². The van der Waals surface area contributed by atoms with Crippen LogP contribution in [0.3, 0.4) is 0 Å². The second kappa shape index (κ2) is 5.39. The minimum atomic E-state index is -0.321. The maximum absolute atomic E-state index is 11.4. The molecular formula is C10H18N2O2S. The molecule has 0 aromatic heterocycles. The van der Waals surface area contributed by atoms with Crippen molar-refractivity contribution in [3.8, 4) is 0 Å². The van der Waals surface area contributed by atoms with E-state index in [0.29, 0.717) is 25.8 Å². The maximum Gasteiger partial charge on any atom is 0.220 e. The van der Waals surface area contributed by atoms with E-state index in [4.69, 9.17) is 5.73 Å². The lowest BCUT2D eigenvalue weighted by Gasteiger charge is -2.11. The molecule has 1 aliphatic rings. The summed E-state index contributed by atoms with van der Waals surface area (Å²) < 4.78 is 0. The van der Waals surface area contributed by atoms with Crippen molar-refractivity contribution in [1.82, 2.24) is 5.32 Å². The average molecular weight is 230 g/mol. The molecule has 0 atom stereocenters. The molecule has 3 N–H and O–H groups in total. The van der Waals surface area contributed by atoms with Gasteiger partial charge in [-0.2, -0.15) is 12.6 Å². The summed E-state index contributed by atoms with van der Waals surface area (Å²) in [5.41, 5.74) is 5.14. The van der Waals surface area contributed by atoms with Crippen LogP contribution in [0.25, 0.3) is 0 Å². The number of hydrogen-bond donors (Lipinski definition) is 3. The minimum absolute atomic E-state index is 0.0611.